The van der Waals surface area contributed by atoms with Crippen LogP contribution in [0.4, 0.5) is 0 Å². The second kappa shape index (κ2) is 60.9. The lowest BCUT2D eigenvalue weighted by atomic mass is 10.0. The molecule has 0 saturated carbocycles. The van der Waals surface area contributed by atoms with Crippen molar-refractivity contribution in [3.63, 3.8) is 0 Å². The highest BCUT2D eigenvalue weighted by Gasteiger charge is 2.19. The minimum Gasteiger partial charge on any atom is -0.462 e. The van der Waals surface area contributed by atoms with Gasteiger partial charge < -0.3 is 14.2 Å². The van der Waals surface area contributed by atoms with Gasteiger partial charge in [-0.2, -0.15) is 0 Å². The molecule has 0 saturated heterocycles. The minimum atomic E-state index is -0.789. The van der Waals surface area contributed by atoms with Crippen LogP contribution in [0.5, 0.6) is 0 Å². The fourth-order valence-corrected chi connectivity index (χ4v) is 8.44. The minimum absolute atomic E-state index is 0.0858. The van der Waals surface area contributed by atoms with E-state index in [-0.39, 0.29) is 31.1 Å². The first-order valence-electron chi connectivity index (χ1n) is 30.7. The number of ether oxygens (including phenoxy) is 3. The third kappa shape index (κ3) is 59.1. The molecule has 0 rings (SSSR count). The van der Waals surface area contributed by atoms with Crippen LogP contribution < -0.4 is 0 Å². The molecule has 6 heteroatoms. The number of esters is 3. The Balaban J connectivity index is 4.32. The number of carbonyl (C=O) groups is 3. The molecule has 0 N–H and O–H groups in total. The Bertz CT molecular complexity index is 1440. The summed E-state index contributed by atoms with van der Waals surface area (Å²) in [6, 6.07) is 0. The first-order chi connectivity index (χ1) is 36.0. The van der Waals surface area contributed by atoms with Crippen LogP contribution in [-0.4, -0.2) is 37.2 Å². The van der Waals surface area contributed by atoms with Gasteiger partial charge in [0.05, 0.1) is 0 Å². The van der Waals surface area contributed by atoms with E-state index in [2.05, 4.69) is 118 Å². The lowest BCUT2D eigenvalue weighted by molar-refractivity contribution is -0.167. The molecule has 73 heavy (non-hydrogen) atoms. The van der Waals surface area contributed by atoms with Crippen LogP contribution in [0, 0.1) is 0 Å². The van der Waals surface area contributed by atoms with Gasteiger partial charge in [-0.05, 0) is 116 Å². The molecule has 0 spiro atoms. The molecule has 0 aliphatic heterocycles. The summed E-state index contributed by atoms with van der Waals surface area (Å²) >= 11 is 0. The quantitative estimate of drug-likeness (QED) is 0.0261. The van der Waals surface area contributed by atoms with Crippen LogP contribution in [0.1, 0.15) is 290 Å². The molecule has 0 heterocycles. The van der Waals surface area contributed by atoms with Gasteiger partial charge in [0, 0.05) is 19.3 Å². The van der Waals surface area contributed by atoms with Crippen molar-refractivity contribution in [2.24, 2.45) is 0 Å². The number of rotatable bonds is 55. The van der Waals surface area contributed by atoms with Crippen molar-refractivity contribution in [3.8, 4) is 0 Å². The number of hydrogen-bond donors (Lipinski definition) is 0. The van der Waals surface area contributed by atoms with E-state index >= 15 is 0 Å². The zero-order valence-corrected chi connectivity index (χ0v) is 47.9. The van der Waals surface area contributed by atoms with Gasteiger partial charge in [-0.15, -0.1) is 0 Å². The standard InChI is InChI=1S/C67H114O6/c1-4-7-10-13-16-19-22-25-27-29-30-31-32-33-34-35-36-38-39-42-45-48-51-54-57-60-66(69)72-63-64(62-71-65(68)59-56-53-50-47-44-41-24-21-18-15-12-9-6-3)73-67(70)61-58-55-52-49-46-43-40-37-28-26-23-20-17-14-11-8-5-2/h7,10,12,15-17,19-21,24-28,30-31,64H,4-6,8-9,11,13-14,18,22-23,29,32-63H2,1-3H3/b10-7-,15-12-,19-16-,20-17-,24-21-,27-25-,28-26-,31-30-. The smallest absolute Gasteiger partial charge is 0.306 e. The van der Waals surface area contributed by atoms with Crippen molar-refractivity contribution in [3.05, 3.63) is 97.2 Å². The molecule has 0 radical (unpaired) electrons. The van der Waals surface area contributed by atoms with E-state index in [9.17, 15) is 14.4 Å². The van der Waals surface area contributed by atoms with Gasteiger partial charge in [-0.1, -0.05) is 253 Å². The highest BCUT2D eigenvalue weighted by Crippen LogP contribution is 2.16. The average Bonchev–Trinajstić information content (AvgIpc) is 3.39. The van der Waals surface area contributed by atoms with Crippen molar-refractivity contribution >= 4 is 17.9 Å². The molecule has 0 amide bonds. The molecule has 418 valence electrons. The third-order valence-corrected chi connectivity index (χ3v) is 13.0. The number of carbonyl (C=O) groups excluding carboxylic acids is 3. The Morgan fingerprint density at radius 3 is 0.890 bits per heavy atom. The highest BCUT2D eigenvalue weighted by molar-refractivity contribution is 5.71. The summed E-state index contributed by atoms with van der Waals surface area (Å²) in [7, 11) is 0. The number of hydrogen-bond acceptors (Lipinski definition) is 6. The first-order valence-corrected chi connectivity index (χ1v) is 30.7. The van der Waals surface area contributed by atoms with Gasteiger partial charge in [0.2, 0.25) is 0 Å². The predicted molar refractivity (Wildman–Crippen MR) is 316 cm³/mol. The predicted octanol–water partition coefficient (Wildman–Crippen LogP) is 20.9. The summed E-state index contributed by atoms with van der Waals surface area (Å²) < 4.78 is 16.9. The lowest BCUT2D eigenvalue weighted by Gasteiger charge is -2.18. The van der Waals surface area contributed by atoms with E-state index < -0.39 is 6.10 Å². The molecular weight excluding hydrogens is 901 g/mol. The van der Waals surface area contributed by atoms with Crippen LogP contribution in [-0.2, 0) is 28.6 Å². The van der Waals surface area contributed by atoms with Crippen molar-refractivity contribution in [2.45, 2.75) is 297 Å². The Kier molecular flexibility index (Phi) is 57.8. The molecule has 0 fully saturated rings. The van der Waals surface area contributed by atoms with E-state index in [0.717, 1.165) is 128 Å². The zero-order chi connectivity index (χ0) is 52.9. The molecule has 0 bridgehead atoms. The second-order valence-electron chi connectivity index (χ2n) is 20.2. The topological polar surface area (TPSA) is 78.9 Å². The maximum absolute atomic E-state index is 12.9. The fraction of sp³-hybridized carbons (Fsp3) is 0.716. The maximum atomic E-state index is 12.9. The van der Waals surface area contributed by atoms with Crippen molar-refractivity contribution < 1.29 is 28.6 Å². The number of unbranched alkanes of at least 4 members (excludes halogenated alkanes) is 28. The second-order valence-corrected chi connectivity index (χ2v) is 20.2. The molecule has 6 nitrogen and oxygen atoms in total. The molecule has 0 aliphatic rings. The molecular formula is C67H114O6. The van der Waals surface area contributed by atoms with Crippen LogP contribution in [0.25, 0.3) is 0 Å². The van der Waals surface area contributed by atoms with Crippen LogP contribution >= 0.6 is 0 Å². The van der Waals surface area contributed by atoms with E-state index in [1.54, 1.807) is 0 Å². The Morgan fingerprint density at radius 1 is 0.288 bits per heavy atom. The summed E-state index contributed by atoms with van der Waals surface area (Å²) in [6.45, 7) is 6.44. The van der Waals surface area contributed by atoms with Gasteiger partial charge in [0.25, 0.3) is 0 Å². The monoisotopic (exact) mass is 1010 g/mol. The van der Waals surface area contributed by atoms with E-state index in [1.807, 2.05) is 0 Å². The van der Waals surface area contributed by atoms with Gasteiger partial charge >= 0.3 is 17.9 Å². The van der Waals surface area contributed by atoms with E-state index in [1.165, 1.54) is 122 Å². The summed E-state index contributed by atoms with van der Waals surface area (Å²) in [5.41, 5.74) is 0. The van der Waals surface area contributed by atoms with Gasteiger partial charge in [-0.3, -0.25) is 14.4 Å². The van der Waals surface area contributed by atoms with Crippen LogP contribution in [0.2, 0.25) is 0 Å². The molecule has 0 aliphatic carbocycles. The van der Waals surface area contributed by atoms with Crippen molar-refractivity contribution in [2.75, 3.05) is 13.2 Å². The summed E-state index contributed by atoms with van der Waals surface area (Å²) in [5, 5.41) is 0. The van der Waals surface area contributed by atoms with Gasteiger partial charge in [0.1, 0.15) is 13.2 Å². The highest BCUT2D eigenvalue weighted by atomic mass is 16.6. The Hall–Kier alpha value is -3.67. The SMILES string of the molecule is CC/C=C\C/C=C\C/C=C\C/C=C\CCCCCCCCCCCCCCC(=O)OCC(COC(=O)CCCCCCC/C=C\C/C=C\CCC)OC(=O)CCCCCCCCC/C=C\C/C=C\CCCCC. The van der Waals surface area contributed by atoms with Crippen molar-refractivity contribution in [1.82, 2.24) is 0 Å². The fourth-order valence-electron chi connectivity index (χ4n) is 8.44. The molecule has 0 aromatic heterocycles. The lowest BCUT2D eigenvalue weighted by Crippen LogP contribution is -2.30. The van der Waals surface area contributed by atoms with Gasteiger partial charge in [-0.25, -0.2) is 0 Å². The Labute approximate surface area is 451 Å². The maximum Gasteiger partial charge on any atom is 0.306 e. The average molecular weight is 1020 g/mol. The van der Waals surface area contributed by atoms with Crippen LogP contribution in [0.3, 0.4) is 0 Å². The Morgan fingerprint density at radius 2 is 0.562 bits per heavy atom. The van der Waals surface area contributed by atoms with Crippen molar-refractivity contribution in [1.29, 1.82) is 0 Å². The number of allylic oxidation sites excluding steroid dienone is 16. The first kappa shape index (κ1) is 69.3. The molecule has 1 unspecified atom stereocenters. The van der Waals surface area contributed by atoms with Crippen LogP contribution in [0.15, 0.2) is 97.2 Å². The molecule has 0 aromatic carbocycles. The third-order valence-electron chi connectivity index (χ3n) is 13.0. The van der Waals surface area contributed by atoms with E-state index in [4.69, 9.17) is 14.2 Å². The summed E-state index contributed by atoms with van der Waals surface area (Å²) in [6.07, 6.45) is 81.2. The molecule has 1 atom stereocenters. The summed E-state index contributed by atoms with van der Waals surface area (Å²) in [4.78, 5) is 38.2. The summed E-state index contributed by atoms with van der Waals surface area (Å²) in [5.74, 6) is -0.903. The normalized spacial score (nSPS) is 12.8. The largest absolute Gasteiger partial charge is 0.462 e. The van der Waals surface area contributed by atoms with Gasteiger partial charge in [0.15, 0.2) is 6.10 Å². The van der Waals surface area contributed by atoms with E-state index in [0.29, 0.717) is 19.3 Å². The molecule has 0 aromatic rings. The zero-order valence-electron chi connectivity index (χ0n) is 47.9.